The lowest BCUT2D eigenvalue weighted by Crippen LogP contribution is -2.36. The van der Waals surface area contributed by atoms with E-state index in [2.05, 4.69) is 66.1 Å². The van der Waals surface area contributed by atoms with Crippen LogP contribution >= 0.6 is 0 Å². The molecule has 48 heavy (non-hydrogen) atoms. The van der Waals surface area contributed by atoms with Crippen molar-refractivity contribution in [2.75, 3.05) is 37.6 Å². The molecule has 1 unspecified atom stereocenters. The zero-order valence-corrected chi connectivity index (χ0v) is 28.2. The van der Waals surface area contributed by atoms with Gasteiger partial charge in [0.15, 0.2) is 5.57 Å². The van der Waals surface area contributed by atoms with Gasteiger partial charge < -0.3 is 19.8 Å². The second-order valence-electron chi connectivity index (χ2n) is 13.0. The molecule has 2 heterocycles. The van der Waals surface area contributed by atoms with Gasteiger partial charge in [0.2, 0.25) is 5.91 Å². The minimum Gasteiger partial charge on any atom is -0.478 e. The molecule has 2 aliphatic rings. The maximum atomic E-state index is 14.3. The van der Waals surface area contributed by atoms with Crippen LogP contribution in [0.1, 0.15) is 76.8 Å². The average Bonchev–Trinajstić information content (AvgIpc) is 3.46. The highest BCUT2D eigenvalue weighted by atomic mass is 16.4. The Bertz CT molecular complexity index is 1730. The number of amides is 1. The molecule has 1 amide bonds. The van der Waals surface area contributed by atoms with Crippen LogP contribution in [0.15, 0.2) is 78.1 Å². The second kappa shape index (κ2) is 15.6. The fraction of sp³-hybridized carbons (Fsp3) is 0.385. The fourth-order valence-corrected chi connectivity index (χ4v) is 7.04. The quantitative estimate of drug-likeness (QED) is 0.234. The summed E-state index contributed by atoms with van der Waals surface area (Å²) in [6.07, 6.45) is 3.78. The Morgan fingerprint density at radius 3 is 2.21 bits per heavy atom. The van der Waals surface area contributed by atoms with Gasteiger partial charge in [0.25, 0.3) is 0 Å². The van der Waals surface area contributed by atoms with Gasteiger partial charge in [-0.2, -0.15) is 10.5 Å². The number of aryl methyl sites for hydroxylation is 2. The molecule has 9 nitrogen and oxygen atoms in total. The van der Waals surface area contributed by atoms with Gasteiger partial charge in [0.05, 0.1) is 11.6 Å². The van der Waals surface area contributed by atoms with Crippen molar-refractivity contribution in [2.45, 2.75) is 65.6 Å². The molecule has 0 aliphatic carbocycles. The molecule has 2 fully saturated rings. The lowest BCUT2D eigenvalue weighted by molar-refractivity contribution is -0.119. The van der Waals surface area contributed by atoms with Gasteiger partial charge in [-0.15, -0.1) is 0 Å². The third-order valence-corrected chi connectivity index (χ3v) is 9.25. The van der Waals surface area contributed by atoms with Crippen LogP contribution in [0.25, 0.3) is 0 Å². The average molecular weight is 645 g/mol. The van der Waals surface area contributed by atoms with Crippen molar-refractivity contribution in [3.05, 3.63) is 112 Å². The number of carbonyl (C=O) groups excluding carboxylic acids is 1. The number of rotatable bonds is 11. The van der Waals surface area contributed by atoms with E-state index in [1.165, 1.54) is 19.3 Å². The third-order valence-electron chi connectivity index (χ3n) is 9.25. The largest absolute Gasteiger partial charge is 0.478 e. The van der Waals surface area contributed by atoms with Crippen molar-refractivity contribution < 1.29 is 14.7 Å². The molecule has 3 aromatic rings. The molecule has 0 spiro atoms. The number of anilines is 1. The number of carboxylic acids is 1. The summed E-state index contributed by atoms with van der Waals surface area (Å²) in [6, 6.07) is 24.9. The van der Waals surface area contributed by atoms with Crippen LogP contribution in [0.4, 0.5) is 5.69 Å². The van der Waals surface area contributed by atoms with Gasteiger partial charge >= 0.3 is 5.97 Å². The number of nitrogens with zero attached hydrogens (tertiary/aromatic N) is 6. The Balaban J connectivity index is 1.41. The molecular weight excluding hydrogens is 600 g/mol. The Hall–Kier alpha value is -5.12. The predicted octanol–water partition coefficient (Wildman–Crippen LogP) is 6.55. The SMILES string of the molecule is Cc1cc(C)cc(CN2CCN(CCC(=O)N(c3cccc(CN4CCCCC4)c3)C(C)c3cccc(C(=O)O)c3)C2=C(C#N)C#N)c1. The van der Waals surface area contributed by atoms with E-state index in [4.69, 9.17) is 0 Å². The maximum Gasteiger partial charge on any atom is 0.335 e. The molecule has 9 heteroatoms. The van der Waals surface area contributed by atoms with E-state index in [1.807, 2.05) is 30.0 Å². The smallest absolute Gasteiger partial charge is 0.335 e. The molecule has 3 aromatic carbocycles. The van der Waals surface area contributed by atoms with Crippen molar-refractivity contribution in [1.82, 2.24) is 14.7 Å². The van der Waals surface area contributed by atoms with E-state index in [0.717, 1.165) is 53.1 Å². The highest BCUT2D eigenvalue weighted by Gasteiger charge is 2.31. The molecule has 0 aromatic heterocycles. The molecule has 2 aliphatic heterocycles. The van der Waals surface area contributed by atoms with Gasteiger partial charge in [-0.3, -0.25) is 9.69 Å². The van der Waals surface area contributed by atoms with Gasteiger partial charge in [0.1, 0.15) is 18.0 Å². The number of benzene rings is 3. The monoisotopic (exact) mass is 644 g/mol. The minimum absolute atomic E-state index is 0.0328. The molecule has 5 rings (SSSR count). The molecule has 0 radical (unpaired) electrons. The number of hydrogen-bond donors (Lipinski definition) is 1. The van der Waals surface area contributed by atoms with Gasteiger partial charge in [-0.25, -0.2) is 4.79 Å². The van der Waals surface area contributed by atoms with E-state index in [-0.39, 0.29) is 23.5 Å². The summed E-state index contributed by atoms with van der Waals surface area (Å²) in [7, 11) is 0. The van der Waals surface area contributed by atoms with E-state index >= 15 is 0 Å². The number of carboxylic acid groups (broad SMARTS) is 1. The van der Waals surface area contributed by atoms with Crippen LogP contribution in [0.2, 0.25) is 0 Å². The first-order valence-corrected chi connectivity index (χ1v) is 16.7. The number of hydrogen-bond acceptors (Lipinski definition) is 7. The highest BCUT2D eigenvalue weighted by molar-refractivity contribution is 5.94. The zero-order chi connectivity index (χ0) is 34.2. The molecule has 1 atom stereocenters. The van der Waals surface area contributed by atoms with Crippen molar-refractivity contribution in [3.63, 3.8) is 0 Å². The molecule has 0 bridgehead atoms. The summed E-state index contributed by atoms with van der Waals surface area (Å²) < 4.78 is 0. The normalized spacial score (nSPS) is 15.5. The van der Waals surface area contributed by atoms with Crippen molar-refractivity contribution >= 4 is 17.6 Å². The summed E-state index contributed by atoms with van der Waals surface area (Å²) in [5.74, 6) is -0.583. The van der Waals surface area contributed by atoms with Gasteiger partial charge in [-0.05, 0) is 87.7 Å². The number of aromatic carboxylic acids is 1. The zero-order valence-electron chi connectivity index (χ0n) is 28.2. The van der Waals surface area contributed by atoms with Gasteiger partial charge in [-0.1, -0.05) is 60.0 Å². The van der Waals surface area contributed by atoms with Crippen LogP contribution in [0.3, 0.4) is 0 Å². The Morgan fingerprint density at radius 1 is 0.833 bits per heavy atom. The Morgan fingerprint density at radius 2 is 1.52 bits per heavy atom. The van der Waals surface area contributed by atoms with Crippen LogP contribution in [-0.4, -0.2) is 64.4 Å². The Labute approximate surface area is 283 Å². The summed E-state index contributed by atoms with van der Waals surface area (Å²) >= 11 is 0. The summed E-state index contributed by atoms with van der Waals surface area (Å²) in [4.78, 5) is 34.4. The van der Waals surface area contributed by atoms with Crippen LogP contribution in [0, 0.1) is 36.5 Å². The summed E-state index contributed by atoms with van der Waals surface area (Å²) in [5, 5.41) is 29.4. The highest BCUT2D eigenvalue weighted by Crippen LogP contribution is 2.31. The topological polar surface area (TPSA) is 115 Å². The van der Waals surface area contributed by atoms with Crippen molar-refractivity contribution in [1.29, 1.82) is 10.5 Å². The number of likely N-dealkylation sites (tertiary alicyclic amines) is 1. The lowest BCUT2D eigenvalue weighted by atomic mass is 10.0. The van der Waals surface area contributed by atoms with E-state index in [0.29, 0.717) is 32.0 Å². The summed E-state index contributed by atoms with van der Waals surface area (Å²) in [6.45, 7) is 11.1. The Kier molecular flexibility index (Phi) is 11.2. The van der Waals surface area contributed by atoms with E-state index in [9.17, 15) is 25.2 Å². The van der Waals surface area contributed by atoms with Crippen LogP contribution in [-0.2, 0) is 17.9 Å². The van der Waals surface area contributed by atoms with Gasteiger partial charge in [0, 0.05) is 44.8 Å². The number of allylic oxidation sites excluding steroid dienone is 1. The molecule has 248 valence electrons. The minimum atomic E-state index is -1.02. The number of nitriles is 2. The first-order chi connectivity index (χ1) is 23.2. The molecule has 2 saturated heterocycles. The van der Waals surface area contributed by atoms with E-state index in [1.54, 1.807) is 23.1 Å². The predicted molar refractivity (Wildman–Crippen MR) is 186 cm³/mol. The number of carbonyl (C=O) groups is 2. The maximum absolute atomic E-state index is 14.3. The van der Waals surface area contributed by atoms with Crippen molar-refractivity contribution in [2.24, 2.45) is 0 Å². The van der Waals surface area contributed by atoms with E-state index < -0.39 is 12.0 Å². The molecule has 0 saturated carbocycles. The molecule has 1 N–H and O–H groups in total. The van der Waals surface area contributed by atoms with Crippen LogP contribution < -0.4 is 4.90 Å². The second-order valence-corrected chi connectivity index (χ2v) is 13.0. The molecular formula is C39H44N6O3. The fourth-order valence-electron chi connectivity index (χ4n) is 7.04. The lowest BCUT2D eigenvalue weighted by Gasteiger charge is -2.32. The summed E-state index contributed by atoms with van der Waals surface area (Å²) in [5.41, 5.74) is 6.22. The van der Waals surface area contributed by atoms with Crippen LogP contribution in [0.5, 0.6) is 0 Å². The standard InChI is InChI=1S/C39H44N6O3/c1-28-19-29(2)21-32(20-28)27-44-18-17-43(38(44)35(24-40)25-41)16-13-37(46)45(30(3)33-10-8-11-34(23-33)39(47)48)36-12-7-9-31(22-36)26-42-14-5-4-6-15-42/h7-12,19-23,30H,4-6,13-18,26-27H2,1-3H3,(H,47,48). The number of piperidine rings is 1. The van der Waals surface area contributed by atoms with Crippen molar-refractivity contribution in [3.8, 4) is 12.1 Å². The first-order valence-electron chi connectivity index (χ1n) is 16.7. The third kappa shape index (κ3) is 8.23. The first kappa shape index (κ1) is 34.2.